The average molecular weight is 485 g/mol. The number of fused-ring (bicyclic) bond motifs is 1. The number of hydrogen-bond donors (Lipinski definition) is 1. The number of hydrogen-bond acceptors (Lipinski definition) is 6. The standard InChI is InChI=1S/C26H36N4O5/c1-16(2)13-20(27-24(32)17-5-7-19(8-6-17)28(3)4)26(34)29-11-9-21-23(29)22(31)14-30(21)25(33)18-10-12-35-15-18/h5-8,16,18,20-21,23H,9-15H2,1-4H3,(H,27,32)/t18?,20-,21?,23-/m0/s1. The van der Waals surface area contributed by atoms with Gasteiger partial charge in [-0.25, -0.2) is 0 Å². The molecule has 3 aliphatic rings. The van der Waals surface area contributed by atoms with Crippen LogP contribution >= 0.6 is 0 Å². The monoisotopic (exact) mass is 484 g/mol. The number of benzene rings is 1. The zero-order chi connectivity index (χ0) is 25.3. The minimum absolute atomic E-state index is 0.0356. The number of amides is 3. The highest BCUT2D eigenvalue weighted by atomic mass is 16.5. The normalized spacial score (nSPS) is 24.6. The van der Waals surface area contributed by atoms with E-state index in [1.165, 1.54) is 0 Å². The van der Waals surface area contributed by atoms with Gasteiger partial charge in [-0.3, -0.25) is 19.2 Å². The summed E-state index contributed by atoms with van der Waals surface area (Å²) >= 11 is 0. The predicted molar refractivity (Wildman–Crippen MR) is 131 cm³/mol. The van der Waals surface area contributed by atoms with Gasteiger partial charge in [0.2, 0.25) is 11.8 Å². The number of likely N-dealkylation sites (tertiary alicyclic amines) is 2. The van der Waals surface area contributed by atoms with Crippen LogP contribution in [0.1, 0.15) is 43.5 Å². The molecule has 4 rings (SSSR count). The summed E-state index contributed by atoms with van der Waals surface area (Å²) in [4.78, 5) is 57.8. The number of carbonyl (C=O) groups is 4. The number of nitrogens with zero attached hydrogens (tertiary/aromatic N) is 3. The second-order valence-electron chi connectivity index (χ2n) is 10.4. The van der Waals surface area contributed by atoms with Crippen LogP contribution in [0.15, 0.2) is 24.3 Å². The molecule has 0 radical (unpaired) electrons. The molecule has 0 saturated carbocycles. The molecule has 1 aromatic rings. The van der Waals surface area contributed by atoms with Crippen molar-refractivity contribution in [3.05, 3.63) is 29.8 Å². The molecule has 3 heterocycles. The number of rotatable bonds is 7. The van der Waals surface area contributed by atoms with Gasteiger partial charge >= 0.3 is 0 Å². The van der Waals surface area contributed by atoms with Gasteiger partial charge in [0.1, 0.15) is 12.1 Å². The fraction of sp³-hybridized carbons (Fsp3) is 0.615. The van der Waals surface area contributed by atoms with Crippen molar-refractivity contribution >= 4 is 29.2 Å². The first-order valence-electron chi connectivity index (χ1n) is 12.5. The van der Waals surface area contributed by atoms with Crippen LogP contribution in [0, 0.1) is 11.8 Å². The van der Waals surface area contributed by atoms with E-state index in [4.69, 9.17) is 4.74 Å². The van der Waals surface area contributed by atoms with Crippen molar-refractivity contribution in [1.29, 1.82) is 0 Å². The lowest BCUT2D eigenvalue weighted by Gasteiger charge is -2.29. The minimum atomic E-state index is -0.740. The summed E-state index contributed by atoms with van der Waals surface area (Å²) in [5.41, 5.74) is 1.45. The summed E-state index contributed by atoms with van der Waals surface area (Å²) in [7, 11) is 3.85. The van der Waals surface area contributed by atoms with Crippen molar-refractivity contribution in [2.24, 2.45) is 11.8 Å². The van der Waals surface area contributed by atoms with Gasteiger partial charge in [0.05, 0.1) is 25.1 Å². The highest BCUT2D eigenvalue weighted by Crippen LogP contribution is 2.32. The van der Waals surface area contributed by atoms with E-state index in [0.29, 0.717) is 44.6 Å². The molecule has 4 atom stereocenters. The molecule has 35 heavy (non-hydrogen) atoms. The third kappa shape index (κ3) is 5.19. The number of nitrogens with one attached hydrogen (secondary N) is 1. The molecule has 9 nitrogen and oxygen atoms in total. The Labute approximate surface area is 206 Å². The summed E-state index contributed by atoms with van der Waals surface area (Å²) in [6.07, 6.45) is 1.70. The van der Waals surface area contributed by atoms with Crippen molar-refractivity contribution in [2.75, 3.05) is 45.3 Å². The molecule has 3 amide bonds. The second-order valence-corrected chi connectivity index (χ2v) is 10.4. The quantitative estimate of drug-likeness (QED) is 0.627. The van der Waals surface area contributed by atoms with Gasteiger partial charge in [-0.05, 0) is 49.4 Å². The van der Waals surface area contributed by atoms with Crippen LogP contribution in [0.4, 0.5) is 5.69 Å². The number of ether oxygens (including phenoxy) is 1. The van der Waals surface area contributed by atoms with Crippen LogP contribution in [-0.2, 0) is 19.1 Å². The number of carbonyl (C=O) groups excluding carboxylic acids is 4. The molecule has 0 aromatic heterocycles. The summed E-state index contributed by atoms with van der Waals surface area (Å²) in [6.45, 7) is 5.37. The van der Waals surface area contributed by atoms with E-state index in [9.17, 15) is 19.2 Å². The van der Waals surface area contributed by atoms with Gasteiger partial charge in [-0.15, -0.1) is 0 Å². The molecular formula is C26H36N4O5. The molecule has 0 aliphatic carbocycles. The summed E-state index contributed by atoms with van der Waals surface area (Å²) in [5, 5.41) is 2.91. The second kappa shape index (κ2) is 10.4. The Morgan fingerprint density at radius 3 is 2.43 bits per heavy atom. The Kier molecular flexibility index (Phi) is 7.44. The van der Waals surface area contributed by atoms with Crippen LogP contribution in [0.25, 0.3) is 0 Å². The first kappa shape index (κ1) is 25.2. The van der Waals surface area contributed by atoms with Crippen molar-refractivity contribution in [3.8, 4) is 0 Å². The van der Waals surface area contributed by atoms with E-state index in [2.05, 4.69) is 5.32 Å². The Morgan fingerprint density at radius 2 is 1.83 bits per heavy atom. The molecular weight excluding hydrogens is 448 g/mol. The smallest absolute Gasteiger partial charge is 0.251 e. The van der Waals surface area contributed by atoms with E-state index < -0.39 is 12.1 Å². The van der Waals surface area contributed by atoms with E-state index in [1.54, 1.807) is 21.9 Å². The Bertz CT molecular complexity index is 970. The number of Topliss-reactive ketones (excluding diaryl/α,β-unsaturated/α-hetero) is 1. The molecule has 3 saturated heterocycles. The lowest BCUT2D eigenvalue weighted by Crippen LogP contribution is -2.53. The van der Waals surface area contributed by atoms with Gasteiger partial charge in [0.15, 0.2) is 5.78 Å². The maximum Gasteiger partial charge on any atom is 0.251 e. The third-order valence-electron chi connectivity index (χ3n) is 7.22. The van der Waals surface area contributed by atoms with Crippen LogP contribution < -0.4 is 10.2 Å². The predicted octanol–water partition coefficient (Wildman–Crippen LogP) is 1.31. The zero-order valence-corrected chi connectivity index (χ0v) is 21.0. The molecule has 3 fully saturated rings. The molecule has 0 spiro atoms. The molecule has 9 heteroatoms. The maximum atomic E-state index is 13.6. The number of anilines is 1. The Hall–Kier alpha value is -2.94. The number of ketones is 1. The Morgan fingerprint density at radius 1 is 1.11 bits per heavy atom. The largest absolute Gasteiger partial charge is 0.381 e. The van der Waals surface area contributed by atoms with Crippen molar-refractivity contribution in [2.45, 2.75) is 51.2 Å². The van der Waals surface area contributed by atoms with E-state index >= 15 is 0 Å². The molecule has 0 bridgehead atoms. The van der Waals surface area contributed by atoms with Gasteiger partial charge in [0.25, 0.3) is 5.91 Å². The van der Waals surface area contributed by atoms with Gasteiger partial charge in [0, 0.05) is 38.5 Å². The summed E-state index contributed by atoms with van der Waals surface area (Å²) < 4.78 is 5.36. The lowest BCUT2D eigenvalue weighted by molar-refractivity contribution is -0.138. The zero-order valence-electron chi connectivity index (χ0n) is 21.0. The lowest BCUT2D eigenvalue weighted by atomic mass is 10.0. The molecule has 1 aromatic carbocycles. The molecule has 1 N–H and O–H groups in total. The fourth-order valence-electron chi connectivity index (χ4n) is 5.37. The van der Waals surface area contributed by atoms with Crippen LogP contribution in [0.3, 0.4) is 0 Å². The van der Waals surface area contributed by atoms with Gasteiger partial charge in [-0.1, -0.05) is 13.8 Å². The van der Waals surface area contributed by atoms with E-state index in [-0.39, 0.29) is 47.9 Å². The highest BCUT2D eigenvalue weighted by molar-refractivity contribution is 6.01. The average Bonchev–Trinajstić information content (AvgIpc) is 3.56. The first-order valence-corrected chi connectivity index (χ1v) is 12.5. The van der Waals surface area contributed by atoms with Crippen molar-refractivity contribution in [1.82, 2.24) is 15.1 Å². The van der Waals surface area contributed by atoms with Crippen molar-refractivity contribution in [3.63, 3.8) is 0 Å². The van der Waals surface area contributed by atoms with Crippen LogP contribution in [0.5, 0.6) is 0 Å². The molecule has 3 aliphatic heterocycles. The SMILES string of the molecule is CC(C)C[C@H](NC(=O)c1ccc(N(C)C)cc1)C(=O)N1CCC2[C@H]1C(=O)CN2C(=O)C1CCOC1. The molecule has 2 unspecified atom stereocenters. The van der Waals surface area contributed by atoms with Crippen molar-refractivity contribution < 1.29 is 23.9 Å². The van der Waals surface area contributed by atoms with E-state index in [1.807, 2.05) is 45.0 Å². The third-order valence-corrected chi connectivity index (χ3v) is 7.22. The van der Waals surface area contributed by atoms with Crippen LogP contribution in [0.2, 0.25) is 0 Å². The van der Waals surface area contributed by atoms with E-state index in [0.717, 1.165) is 5.69 Å². The summed E-state index contributed by atoms with van der Waals surface area (Å²) in [6, 6.07) is 5.52. The topological polar surface area (TPSA) is 99.3 Å². The summed E-state index contributed by atoms with van der Waals surface area (Å²) in [5.74, 6) is -0.776. The van der Waals surface area contributed by atoms with Gasteiger partial charge in [-0.2, -0.15) is 0 Å². The fourth-order valence-corrected chi connectivity index (χ4v) is 5.37. The Balaban J connectivity index is 1.47. The highest BCUT2D eigenvalue weighted by Gasteiger charge is 2.53. The first-order chi connectivity index (χ1) is 16.7. The van der Waals surface area contributed by atoms with Crippen LogP contribution in [-0.4, -0.2) is 91.8 Å². The molecule has 190 valence electrons. The maximum absolute atomic E-state index is 13.6. The van der Waals surface area contributed by atoms with Gasteiger partial charge < -0.3 is 24.8 Å². The minimum Gasteiger partial charge on any atom is -0.381 e.